The molecule has 0 bridgehead atoms. The predicted molar refractivity (Wildman–Crippen MR) is 70.8 cm³/mol. The third kappa shape index (κ3) is 3.67. The molecule has 2 aliphatic rings. The lowest BCUT2D eigenvalue weighted by Crippen LogP contribution is -2.51. The van der Waals surface area contributed by atoms with Gasteiger partial charge in [-0.2, -0.15) is 0 Å². The molecule has 3 N–H and O–H groups in total. The van der Waals surface area contributed by atoms with Crippen molar-refractivity contribution in [3.05, 3.63) is 0 Å². The SMILES string of the molecule is CCC(O)CC1CC(N)CN(C(C)C2CC2)C1. The number of rotatable bonds is 5. The van der Waals surface area contributed by atoms with E-state index in [4.69, 9.17) is 5.73 Å². The van der Waals surface area contributed by atoms with Crippen molar-refractivity contribution in [3.63, 3.8) is 0 Å². The molecule has 1 saturated carbocycles. The van der Waals surface area contributed by atoms with Crippen LogP contribution in [-0.2, 0) is 0 Å². The fraction of sp³-hybridized carbons (Fsp3) is 1.00. The molecule has 4 atom stereocenters. The van der Waals surface area contributed by atoms with Crippen molar-refractivity contribution in [2.24, 2.45) is 17.6 Å². The topological polar surface area (TPSA) is 49.5 Å². The first-order valence-electron chi connectivity index (χ1n) is 7.27. The standard InChI is InChI=1S/C14H28N2O/c1-3-14(17)7-11-6-13(15)9-16(8-11)10(2)12-4-5-12/h10-14,17H,3-9,15H2,1-2H3. The maximum Gasteiger partial charge on any atom is 0.0540 e. The molecule has 2 rings (SSSR count). The van der Waals surface area contributed by atoms with Gasteiger partial charge in [-0.15, -0.1) is 0 Å². The quantitative estimate of drug-likeness (QED) is 0.767. The van der Waals surface area contributed by atoms with Crippen LogP contribution < -0.4 is 5.73 Å². The molecule has 3 heteroatoms. The van der Waals surface area contributed by atoms with Gasteiger partial charge >= 0.3 is 0 Å². The molecule has 1 saturated heterocycles. The zero-order valence-electron chi connectivity index (χ0n) is 11.3. The highest BCUT2D eigenvalue weighted by atomic mass is 16.3. The summed E-state index contributed by atoms with van der Waals surface area (Å²) in [5, 5.41) is 9.78. The molecule has 0 aromatic rings. The van der Waals surface area contributed by atoms with Crippen molar-refractivity contribution in [2.45, 2.75) is 64.1 Å². The molecule has 1 aliphatic carbocycles. The highest BCUT2D eigenvalue weighted by Gasteiger charge is 2.36. The van der Waals surface area contributed by atoms with Crippen molar-refractivity contribution in [1.82, 2.24) is 4.90 Å². The maximum absolute atomic E-state index is 9.78. The average Bonchev–Trinajstić information content (AvgIpc) is 3.11. The number of piperidine rings is 1. The summed E-state index contributed by atoms with van der Waals surface area (Å²) in [4.78, 5) is 2.57. The van der Waals surface area contributed by atoms with E-state index in [0.717, 1.165) is 38.3 Å². The largest absolute Gasteiger partial charge is 0.393 e. The van der Waals surface area contributed by atoms with E-state index in [9.17, 15) is 5.11 Å². The summed E-state index contributed by atoms with van der Waals surface area (Å²) < 4.78 is 0. The van der Waals surface area contributed by atoms with E-state index in [0.29, 0.717) is 18.0 Å². The monoisotopic (exact) mass is 240 g/mol. The van der Waals surface area contributed by atoms with Crippen molar-refractivity contribution < 1.29 is 5.11 Å². The number of aliphatic hydroxyl groups excluding tert-OH is 1. The van der Waals surface area contributed by atoms with Crippen LogP contribution in [-0.4, -0.2) is 41.3 Å². The zero-order valence-corrected chi connectivity index (χ0v) is 11.3. The lowest BCUT2D eigenvalue weighted by Gasteiger charge is -2.40. The van der Waals surface area contributed by atoms with Crippen molar-refractivity contribution in [2.75, 3.05) is 13.1 Å². The molecule has 0 aromatic heterocycles. The number of nitrogens with zero attached hydrogens (tertiary/aromatic N) is 1. The Morgan fingerprint density at radius 2 is 2.06 bits per heavy atom. The summed E-state index contributed by atoms with van der Waals surface area (Å²) in [5.41, 5.74) is 6.17. The van der Waals surface area contributed by atoms with E-state index < -0.39 is 0 Å². The van der Waals surface area contributed by atoms with E-state index in [1.165, 1.54) is 12.8 Å². The van der Waals surface area contributed by atoms with Crippen LogP contribution in [0.3, 0.4) is 0 Å². The van der Waals surface area contributed by atoms with Gasteiger partial charge in [0.05, 0.1) is 6.10 Å². The number of nitrogens with two attached hydrogens (primary N) is 1. The number of aliphatic hydroxyl groups is 1. The van der Waals surface area contributed by atoms with Gasteiger partial charge < -0.3 is 10.8 Å². The third-order valence-electron chi connectivity index (χ3n) is 4.55. The molecule has 2 fully saturated rings. The van der Waals surface area contributed by atoms with E-state index >= 15 is 0 Å². The zero-order chi connectivity index (χ0) is 12.4. The first-order valence-corrected chi connectivity index (χ1v) is 7.27. The molecule has 17 heavy (non-hydrogen) atoms. The Hall–Kier alpha value is -0.120. The van der Waals surface area contributed by atoms with Gasteiger partial charge in [0.2, 0.25) is 0 Å². The van der Waals surface area contributed by atoms with Gasteiger partial charge in [0, 0.05) is 25.2 Å². The van der Waals surface area contributed by atoms with Crippen molar-refractivity contribution in [3.8, 4) is 0 Å². The van der Waals surface area contributed by atoms with Gasteiger partial charge in [0.1, 0.15) is 0 Å². The van der Waals surface area contributed by atoms with Crippen LogP contribution in [0.2, 0.25) is 0 Å². The summed E-state index contributed by atoms with van der Waals surface area (Å²) in [6.45, 7) is 6.60. The lowest BCUT2D eigenvalue weighted by molar-refractivity contribution is 0.0675. The fourth-order valence-electron chi connectivity index (χ4n) is 3.22. The number of likely N-dealkylation sites (tertiary alicyclic amines) is 1. The Morgan fingerprint density at radius 1 is 1.35 bits per heavy atom. The fourth-order valence-corrected chi connectivity index (χ4v) is 3.22. The minimum absolute atomic E-state index is 0.136. The predicted octanol–water partition coefficient (Wildman–Crippen LogP) is 1.60. The maximum atomic E-state index is 9.78. The summed E-state index contributed by atoms with van der Waals surface area (Å²) in [6.07, 6.45) is 5.54. The molecular weight excluding hydrogens is 212 g/mol. The summed E-state index contributed by atoms with van der Waals surface area (Å²) in [5.74, 6) is 1.51. The molecule has 3 nitrogen and oxygen atoms in total. The molecule has 0 spiro atoms. The van der Waals surface area contributed by atoms with Gasteiger partial charge in [0.25, 0.3) is 0 Å². The molecule has 0 amide bonds. The van der Waals surface area contributed by atoms with Crippen LogP contribution in [0.5, 0.6) is 0 Å². The smallest absolute Gasteiger partial charge is 0.0540 e. The summed E-state index contributed by atoms with van der Waals surface area (Å²) >= 11 is 0. The average molecular weight is 240 g/mol. The molecule has 1 heterocycles. The second kappa shape index (κ2) is 5.68. The Balaban J connectivity index is 1.86. The Morgan fingerprint density at radius 3 is 2.65 bits per heavy atom. The van der Waals surface area contributed by atoms with Gasteiger partial charge in [-0.25, -0.2) is 0 Å². The molecule has 0 aromatic carbocycles. The van der Waals surface area contributed by atoms with Crippen molar-refractivity contribution >= 4 is 0 Å². The van der Waals surface area contributed by atoms with E-state index in [-0.39, 0.29) is 6.10 Å². The minimum Gasteiger partial charge on any atom is -0.393 e. The Labute approximate surface area is 105 Å². The molecular formula is C14H28N2O. The van der Waals surface area contributed by atoms with Crippen LogP contribution in [0, 0.1) is 11.8 Å². The van der Waals surface area contributed by atoms with Crippen LogP contribution in [0.25, 0.3) is 0 Å². The van der Waals surface area contributed by atoms with Gasteiger partial charge in [-0.1, -0.05) is 6.92 Å². The second-order valence-electron chi connectivity index (χ2n) is 6.19. The van der Waals surface area contributed by atoms with Crippen LogP contribution in [0.15, 0.2) is 0 Å². The summed E-state index contributed by atoms with van der Waals surface area (Å²) in [6, 6.07) is 1.00. The summed E-state index contributed by atoms with van der Waals surface area (Å²) in [7, 11) is 0. The third-order valence-corrected chi connectivity index (χ3v) is 4.55. The van der Waals surface area contributed by atoms with Crippen LogP contribution in [0.4, 0.5) is 0 Å². The number of hydrogen-bond donors (Lipinski definition) is 2. The molecule has 4 unspecified atom stereocenters. The molecule has 0 radical (unpaired) electrons. The van der Waals surface area contributed by atoms with E-state index in [1.807, 2.05) is 0 Å². The van der Waals surface area contributed by atoms with Gasteiger partial charge in [-0.05, 0) is 50.9 Å². The minimum atomic E-state index is -0.136. The normalized spacial score (nSPS) is 34.6. The number of hydrogen-bond acceptors (Lipinski definition) is 3. The second-order valence-corrected chi connectivity index (χ2v) is 6.19. The van der Waals surface area contributed by atoms with Crippen LogP contribution in [0.1, 0.15) is 46.0 Å². The Bertz CT molecular complexity index is 242. The first kappa shape index (κ1) is 13.3. The van der Waals surface area contributed by atoms with Crippen molar-refractivity contribution in [1.29, 1.82) is 0 Å². The Kier molecular flexibility index (Phi) is 4.45. The lowest BCUT2D eigenvalue weighted by atomic mass is 9.88. The van der Waals surface area contributed by atoms with E-state index in [2.05, 4.69) is 18.7 Å². The first-order chi connectivity index (χ1) is 8.10. The molecule has 1 aliphatic heterocycles. The van der Waals surface area contributed by atoms with E-state index in [1.54, 1.807) is 0 Å². The van der Waals surface area contributed by atoms with Gasteiger partial charge in [-0.3, -0.25) is 4.90 Å². The highest BCUT2D eigenvalue weighted by molar-refractivity contribution is 4.91. The van der Waals surface area contributed by atoms with Crippen LogP contribution >= 0.6 is 0 Å². The van der Waals surface area contributed by atoms with Gasteiger partial charge in [0.15, 0.2) is 0 Å². The highest BCUT2D eigenvalue weighted by Crippen LogP contribution is 2.36. The molecule has 100 valence electrons.